The molecule has 1 aromatic carbocycles. The quantitative estimate of drug-likeness (QED) is 0.912. The van der Waals surface area contributed by atoms with Gasteiger partial charge in [-0.05, 0) is 37.0 Å². The van der Waals surface area contributed by atoms with Gasteiger partial charge in [-0.2, -0.15) is 0 Å². The minimum Gasteiger partial charge on any atom is -0.497 e. The van der Waals surface area contributed by atoms with E-state index in [1.165, 1.54) is 0 Å². The van der Waals surface area contributed by atoms with Gasteiger partial charge >= 0.3 is 0 Å². The lowest BCUT2D eigenvalue weighted by molar-refractivity contribution is 0.414. The summed E-state index contributed by atoms with van der Waals surface area (Å²) in [6.45, 7) is 0. The highest BCUT2D eigenvalue weighted by Gasteiger charge is 2.17. The van der Waals surface area contributed by atoms with E-state index in [1.807, 2.05) is 24.3 Å². The minimum absolute atomic E-state index is 0.658. The number of aryl methyl sites for hydroxylation is 1. The van der Waals surface area contributed by atoms with E-state index >= 15 is 0 Å². The predicted molar refractivity (Wildman–Crippen MR) is 74.3 cm³/mol. The first-order valence-corrected chi connectivity index (χ1v) is 6.53. The Labute approximate surface area is 112 Å². The number of nitrogens with two attached hydrogens (primary N) is 1. The number of rotatable bonds is 3. The van der Waals surface area contributed by atoms with E-state index in [0.29, 0.717) is 12.2 Å². The Kier molecular flexibility index (Phi) is 3.07. The molecule has 4 heteroatoms. The Morgan fingerprint density at radius 2 is 1.95 bits per heavy atom. The second kappa shape index (κ2) is 4.88. The van der Waals surface area contributed by atoms with Gasteiger partial charge in [0.2, 0.25) is 0 Å². The third kappa shape index (κ3) is 2.38. The van der Waals surface area contributed by atoms with Crippen LogP contribution in [0, 0.1) is 0 Å². The maximum atomic E-state index is 6.00. The number of methoxy groups -OCH3 is 1. The summed E-state index contributed by atoms with van der Waals surface area (Å²) in [6, 6.07) is 7.97. The number of aromatic nitrogens is 2. The first kappa shape index (κ1) is 12.0. The Balaban J connectivity index is 1.84. The molecule has 0 saturated carbocycles. The van der Waals surface area contributed by atoms with Crippen molar-refractivity contribution in [1.82, 2.24) is 9.97 Å². The van der Waals surface area contributed by atoms with Crippen LogP contribution in [0.15, 0.2) is 24.3 Å². The van der Waals surface area contributed by atoms with Crippen molar-refractivity contribution in [2.75, 3.05) is 12.8 Å². The highest BCUT2D eigenvalue weighted by molar-refractivity contribution is 5.45. The van der Waals surface area contributed by atoms with Crippen molar-refractivity contribution < 1.29 is 4.74 Å². The molecule has 0 saturated heterocycles. The third-order valence-corrected chi connectivity index (χ3v) is 3.53. The molecule has 2 aromatic rings. The van der Waals surface area contributed by atoms with E-state index in [-0.39, 0.29) is 0 Å². The van der Waals surface area contributed by atoms with Crippen molar-refractivity contribution in [2.24, 2.45) is 0 Å². The summed E-state index contributed by atoms with van der Waals surface area (Å²) in [7, 11) is 1.67. The zero-order chi connectivity index (χ0) is 13.2. The minimum atomic E-state index is 0.658. The molecule has 19 heavy (non-hydrogen) atoms. The van der Waals surface area contributed by atoms with Crippen molar-refractivity contribution in [1.29, 1.82) is 0 Å². The van der Waals surface area contributed by atoms with Gasteiger partial charge in [-0.15, -0.1) is 0 Å². The second-order valence-electron chi connectivity index (χ2n) is 4.83. The van der Waals surface area contributed by atoms with Crippen molar-refractivity contribution >= 4 is 5.82 Å². The fraction of sp³-hybridized carbons (Fsp3) is 0.333. The van der Waals surface area contributed by atoms with Crippen LogP contribution in [0.1, 0.15) is 29.1 Å². The summed E-state index contributed by atoms with van der Waals surface area (Å²) in [5.74, 6) is 2.33. The Morgan fingerprint density at radius 3 is 2.68 bits per heavy atom. The highest BCUT2D eigenvalue weighted by atomic mass is 16.5. The van der Waals surface area contributed by atoms with Crippen LogP contribution in [0.2, 0.25) is 0 Å². The molecule has 0 atom stereocenters. The van der Waals surface area contributed by atoms with E-state index in [4.69, 9.17) is 10.5 Å². The first-order chi connectivity index (χ1) is 9.26. The van der Waals surface area contributed by atoms with E-state index in [2.05, 4.69) is 9.97 Å². The van der Waals surface area contributed by atoms with E-state index in [9.17, 15) is 0 Å². The molecule has 0 fully saturated rings. The molecule has 0 radical (unpaired) electrons. The molecule has 0 unspecified atom stereocenters. The van der Waals surface area contributed by atoms with Crippen LogP contribution < -0.4 is 10.5 Å². The van der Waals surface area contributed by atoms with Crippen LogP contribution in [0.5, 0.6) is 5.75 Å². The van der Waals surface area contributed by atoms with Crippen molar-refractivity contribution in [2.45, 2.75) is 25.7 Å². The number of anilines is 1. The number of hydrogen-bond donors (Lipinski definition) is 1. The first-order valence-electron chi connectivity index (χ1n) is 6.53. The van der Waals surface area contributed by atoms with Gasteiger partial charge < -0.3 is 10.5 Å². The number of ether oxygens (including phenoxy) is 1. The van der Waals surface area contributed by atoms with Gasteiger partial charge in [0.05, 0.1) is 7.11 Å². The summed E-state index contributed by atoms with van der Waals surface area (Å²) >= 11 is 0. The second-order valence-corrected chi connectivity index (χ2v) is 4.83. The number of hydrogen-bond acceptors (Lipinski definition) is 4. The van der Waals surface area contributed by atoms with Gasteiger partial charge in [0, 0.05) is 17.7 Å². The normalized spacial score (nSPS) is 13.3. The standard InChI is InChI=1S/C15H17N3O/c1-19-11-7-5-10(6-8-11)9-14-17-13-4-2-3-12(13)15(16)18-14/h5-8H,2-4,9H2,1H3,(H2,16,17,18). The molecule has 1 heterocycles. The number of nitrogen functional groups attached to an aromatic ring is 1. The molecule has 0 spiro atoms. The molecular weight excluding hydrogens is 238 g/mol. The number of nitrogens with zero attached hydrogens (tertiary/aromatic N) is 2. The maximum absolute atomic E-state index is 6.00. The average molecular weight is 255 g/mol. The summed E-state index contributed by atoms with van der Waals surface area (Å²) in [5.41, 5.74) is 9.45. The molecular formula is C15H17N3O. The fourth-order valence-corrected chi connectivity index (χ4v) is 2.52. The lowest BCUT2D eigenvalue weighted by Crippen LogP contribution is -2.06. The average Bonchev–Trinajstić information content (AvgIpc) is 2.88. The molecule has 0 amide bonds. The molecule has 1 aliphatic rings. The fourth-order valence-electron chi connectivity index (χ4n) is 2.52. The Bertz CT molecular complexity index is 593. The zero-order valence-electron chi connectivity index (χ0n) is 11.0. The molecule has 98 valence electrons. The zero-order valence-corrected chi connectivity index (χ0v) is 11.0. The van der Waals surface area contributed by atoms with Crippen molar-refractivity contribution in [3.8, 4) is 5.75 Å². The predicted octanol–water partition coefficient (Wildman–Crippen LogP) is 2.15. The number of fused-ring (bicyclic) bond motifs is 1. The largest absolute Gasteiger partial charge is 0.497 e. The van der Waals surface area contributed by atoms with Crippen LogP contribution in [0.4, 0.5) is 5.82 Å². The number of benzene rings is 1. The van der Waals surface area contributed by atoms with Crippen LogP contribution in [-0.2, 0) is 19.3 Å². The van der Waals surface area contributed by atoms with E-state index < -0.39 is 0 Å². The van der Waals surface area contributed by atoms with E-state index in [1.54, 1.807) is 7.11 Å². The molecule has 2 N–H and O–H groups in total. The summed E-state index contributed by atoms with van der Waals surface area (Å²) < 4.78 is 5.15. The molecule has 0 bridgehead atoms. The third-order valence-electron chi connectivity index (χ3n) is 3.53. The Hall–Kier alpha value is -2.10. The van der Waals surface area contributed by atoms with E-state index in [0.717, 1.165) is 47.7 Å². The van der Waals surface area contributed by atoms with Gasteiger partial charge in [-0.25, -0.2) is 9.97 Å². The smallest absolute Gasteiger partial charge is 0.135 e. The molecule has 4 nitrogen and oxygen atoms in total. The highest BCUT2D eigenvalue weighted by Crippen LogP contribution is 2.24. The monoisotopic (exact) mass is 255 g/mol. The summed E-state index contributed by atoms with van der Waals surface area (Å²) in [4.78, 5) is 9.05. The van der Waals surface area contributed by atoms with Crippen LogP contribution in [0.3, 0.4) is 0 Å². The molecule has 3 rings (SSSR count). The van der Waals surface area contributed by atoms with Gasteiger partial charge in [0.15, 0.2) is 0 Å². The van der Waals surface area contributed by atoms with Gasteiger partial charge in [0.1, 0.15) is 17.4 Å². The van der Waals surface area contributed by atoms with Gasteiger partial charge in [-0.1, -0.05) is 12.1 Å². The molecule has 1 aromatic heterocycles. The Morgan fingerprint density at radius 1 is 1.16 bits per heavy atom. The SMILES string of the molecule is COc1ccc(Cc2nc(N)c3c(n2)CCC3)cc1. The van der Waals surface area contributed by atoms with Gasteiger partial charge in [0.25, 0.3) is 0 Å². The molecule has 1 aliphatic carbocycles. The van der Waals surface area contributed by atoms with Crippen LogP contribution in [-0.4, -0.2) is 17.1 Å². The van der Waals surface area contributed by atoms with Crippen molar-refractivity contribution in [3.05, 3.63) is 46.9 Å². The van der Waals surface area contributed by atoms with Crippen LogP contribution >= 0.6 is 0 Å². The summed E-state index contributed by atoms with van der Waals surface area (Å²) in [5, 5.41) is 0. The maximum Gasteiger partial charge on any atom is 0.135 e. The van der Waals surface area contributed by atoms with Gasteiger partial charge in [-0.3, -0.25) is 0 Å². The van der Waals surface area contributed by atoms with Crippen LogP contribution in [0.25, 0.3) is 0 Å². The summed E-state index contributed by atoms with van der Waals surface area (Å²) in [6.07, 6.45) is 3.89. The lowest BCUT2D eigenvalue weighted by atomic mass is 10.1. The molecule has 0 aliphatic heterocycles. The topological polar surface area (TPSA) is 61.0 Å². The van der Waals surface area contributed by atoms with Crippen molar-refractivity contribution in [3.63, 3.8) is 0 Å². The lowest BCUT2D eigenvalue weighted by Gasteiger charge is -2.07.